The molecule has 1 fully saturated rings. The molecule has 4 heteroatoms. The molecule has 0 saturated heterocycles. The van der Waals surface area contributed by atoms with E-state index in [0.717, 1.165) is 0 Å². The van der Waals surface area contributed by atoms with Gasteiger partial charge in [-0.2, -0.15) is 0 Å². The molecule has 2 N–H and O–H groups in total. The average molecular weight is 236 g/mol. The molecule has 1 aromatic rings. The summed E-state index contributed by atoms with van der Waals surface area (Å²) in [4.78, 5) is 11.6. The second-order valence-corrected chi connectivity index (χ2v) is 4.44. The molecule has 0 aromatic heterocycles. The minimum Gasteiger partial charge on any atom is -0.462 e. The van der Waals surface area contributed by atoms with E-state index in [-0.39, 0.29) is 18.5 Å². The normalized spacial score (nSPS) is 28.0. The lowest BCUT2D eigenvalue weighted by Crippen LogP contribution is -2.17. The summed E-state index contributed by atoms with van der Waals surface area (Å²) < 4.78 is 5.15. The van der Waals surface area contributed by atoms with Gasteiger partial charge in [0.2, 0.25) is 0 Å². The van der Waals surface area contributed by atoms with Crippen LogP contribution in [0.1, 0.15) is 23.2 Å². The van der Waals surface area contributed by atoms with Crippen LogP contribution in [0.4, 0.5) is 0 Å². The number of esters is 1. The lowest BCUT2D eigenvalue weighted by Gasteiger charge is -2.09. The first kappa shape index (κ1) is 12.1. The summed E-state index contributed by atoms with van der Waals surface area (Å²) in [5, 5.41) is 18.7. The molecular weight excluding hydrogens is 220 g/mol. The van der Waals surface area contributed by atoms with Gasteiger partial charge in [0.1, 0.15) is 0 Å². The summed E-state index contributed by atoms with van der Waals surface area (Å²) in [6, 6.07) is 8.78. The van der Waals surface area contributed by atoms with Gasteiger partial charge in [-0.05, 0) is 30.9 Å². The second kappa shape index (κ2) is 5.29. The van der Waals surface area contributed by atoms with Crippen LogP contribution in [-0.4, -0.2) is 35.0 Å². The van der Waals surface area contributed by atoms with Crippen molar-refractivity contribution in [3.8, 4) is 0 Å². The lowest BCUT2D eigenvalue weighted by atomic mass is 10.1. The zero-order chi connectivity index (χ0) is 12.3. The van der Waals surface area contributed by atoms with Crippen molar-refractivity contribution in [2.45, 2.75) is 25.0 Å². The van der Waals surface area contributed by atoms with E-state index in [2.05, 4.69) is 0 Å². The van der Waals surface area contributed by atoms with Crippen LogP contribution < -0.4 is 0 Å². The van der Waals surface area contributed by atoms with E-state index in [4.69, 9.17) is 4.74 Å². The van der Waals surface area contributed by atoms with Gasteiger partial charge in [-0.1, -0.05) is 18.2 Å². The molecule has 1 aromatic carbocycles. The highest BCUT2D eigenvalue weighted by Crippen LogP contribution is 2.26. The second-order valence-electron chi connectivity index (χ2n) is 4.44. The molecule has 0 heterocycles. The van der Waals surface area contributed by atoms with Crippen LogP contribution in [0, 0.1) is 5.92 Å². The molecular formula is C13H16O4. The molecule has 0 spiro atoms. The van der Waals surface area contributed by atoms with E-state index < -0.39 is 12.2 Å². The van der Waals surface area contributed by atoms with Gasteiger partial charge >= 0.3 is 5.97 Å². The first-order valence-electron chi connectivity index (χ1n) is 5.75. The van der Waals surface area contributed by atoms with E-state index in [0.29, 0.717) is 18.4 Å². The van der Waals surface area contributed by atoms with Crippen LogP contribution in [0.15, 0.2) is 30.3 Å². The molecule has 0 aliphatic heterocycles. The molecule has 3 atom stereocenters. The summed E-state index contributed by atoms with van der Waals surface area (Å²) in [5.41, 5.74) is 0.520. The number of carbonyl (C=O) groups is 1. The number of aliphatic hydroxyl groups excluding tert-OH is 2. The van der Waals surface area contributed by atoms with Gasteiger partial charge in [0.05, 0.1) is 24.4 Å². The Morgan fingerprint density at radius 1 is 1.18 bits per heavy atom. The van der Waals surface area contributed by atoms with Crippen molar-refractivity contribution in [1.82, 2.24) is 0 Å². The highest BCUT2D eigenvalue weighted by Gasteiger charge is 2.32. The molecule has 2 rings (SSSR count). The minimum absolute atomic E-state index is 0.0488. The predicted molar refractivity (Wildman–Crippen MR) is 61.5 cm³/mol. The number of carbonyl (C=O) groups excluding carboxylic acids is 1. The Labute approximate surface area is 99.8 Å². The molecule has 92 valence electrons. The molecule has 0 amide bonds. The number of rotatable bonds is 3. The predicted octanol–water partition coefficient (Wildman–Crippen LogP) is 0.975. The van der Waals surface area contributed by atoms with Gasteiger partial charge in [0.15, 0.2) is 0 Å². The van der Waals surface area contributed by atoms with Crippen LogP contribution in [-0.2, 0) is 4.74 Å². The Bertz CT molecular complexity index is 366. The Morgan fingerprint density at radius 3 is 2.35 bits per heavy atom. The lowest BCUT2D eigenvalue weighted by molar-refractivity contribution is 0.0431. The van der Waals surface area contributed by atoms with Crippen LogP contribution in [0.2, 0.25) is 0 Å². The molecule has 1 aliphatic carbocycles. The monoisotopic (exact) mass is 236 g/mol. The number of benzene rings is 1. The van der Waals surface area contributed by atoms with Crippen molar-refractivity contribution < 1.29 is 19.7 Å². The van der Waals surface area contributed by atoms with E-state index in [9.17, 15) is 15.0 Å². The fourth-order valence-electron chi connectivity index (χ4n) is 2.08. The van der Waals surface area contributed by atoms with Crippen molar-refractivity contribution >= 4 is 5.97 Å². The number of hydrogen-bond acceptors (Lipinski definition) is 4. The largest absolute Gasteiger partial charge is 0.462 e. The van der Waals surface area contributed by atoms with Gasteiger partial charge in [-0.25, -0.2) is 4.79 Å². The Kier molecular flexibility index (Phi) is 3.76. The Balaban J connectivity index is 1.81. The van der Waals surface area contributed by atoms with Crippen LogP contribution in [0.5, 0.6) is 0 Å². The third kappa shape index (κ3) is 3.05. The smallest absolute Gasteiger partial charge is 0.338 e. The third-order valence-electron chi connectivity index (χ3n) is 3.05. The third-order valence-corrected chi connectivity index (χ3v) is 3.05. The van der Waals surface area contributed by atoms with Crippen molar-refractivity contribution in [1.29, 1.82) is 0 Å². The van der Waals surface area contributed by atoms with E-state index >= 15 is 0 Å². The Hall–Kier alpha value is -1.39. The molecule has 0 radical (unpaired) electrons. The highest BCUT2D eigenvalue weighted by atomic mass is 16.5. The van der Waals surface area contributed by atoms with Crippen LogP contribution >= 0.6 is 0 Å². The number of aliphatic hydroxyl groups is 2. The summed E-state index contributed by atoms with van der Waals surface area (Å²) in [6.07, 6.45) is -0.391. The maximum Gasteiger partial charge on any atom is 0.338 e. The fraction of sp³-hybridized carbons (Fsp3) is 0.462. The van der Waals surface area contributed by atoms with E-state index in [1.807, 2.05) is 6.07 Å². The molecule has 1 saturated carbocycles. The van der Waals surface area contributed by atoms with Crippen LogP contribution in [0.3, 0.4) is 0 Å². The Morgan fingerprint density at radius 2 is 1.76 bits per heavy atom. The SMILES string of the molecule is O=C(OCC1CC(O)[C@@H](O)C1)c1ccccc1. The summed E-state index contributed by atoms with van der Waals surface area (Å²) in [5.74, 6) is -0.311. The average Bonchev–Trinajstić information content (AvgIpc) is 2.67. The topological polar surface area (TPSA) is 66.8 Å². The highest BCUT2D eigenvalue weighted by molar-refractivity contribution is 5.89. The van der Waals surface area contributed by atoms with Crippen molar-refractivity contribution in [3.63, 3.8) is 0 Å². The van der Waals surface area contributed by atoms with Crippen LogP contribution in [0.25, 0.3) is 0 Å². The van der Waals surface area contributed by atoms with E-state index in [1.165, 1.54) is 0 Å². The molecule has 4 nitrogen and oxygen atoms in total. The quantitative estimate of drug-likeness (QED) is 0.768. The van der Waals surface area contributed by atoms with Gasteiger partial charge in [-0.15, -0.1) is 0 Å². The maximum absolute atomic E-state index is 11.6. The summed E-state index contributed by atoms with van der Waals surface area (Å²) >= 11 is 0. The molecule has 1 aliphatic rings. The van der Waals surface area contributed by atoms with E-state index in [1.54, 1.807) is 24.3 Å². The van der Waals surface area contributed by atoms with Crippen molar-refractivity contribution in [3.05, 3.63) is 35.9 Å². The van der Waals surface area contributed by atoms with Gasteiger partial charge < -0.3 is 14.9 Å². The number of ether oxygens (including phenoxy) is 1. The summed E-state index contributed by atoms with van der Waals surface area (Å²) in [7, 11) is 0. The molecule has 2 unspecified atom stereocenters. The number of hydrogen-bond donors (Lipinski definition) is 2. The zero-order valence-corrected chi connectivity index (χ0v) is 9.45. The first-order valence-corrected chi connectivity index (χ1v) is 5.75. The molecule has 0 bridgehead atoms. The fourth-order valence-corrected chi connectivity index (χ4v) is 2.08. The molecule has 17 heavy (non-hydrogen) atoms. The van der Waals surface area contributed by atoms with Crippen molar-refractivity contribution in [2.75, 3.05) is 6.61 Å². The van der Waals surface area contributed by atoms with Gasteiger partial charge in [0, 0.05) is 0 Å². The first-order chi connectivity index (χ1) is 8.16. The van der Waals surface area contributed by atoms with Crippen molar-refractivity contribution in [2.24, 2.45) is 5.92 Å². The van der Waals surface area contributed by atoms with Gasteiger partial charge in [-0.3, -0.25) is 0 Å². The maximum atomic E-state index is 11.6. The minimum atomic E-state index is -0.685. The van der Waals surface area contributed by atoms with Gasteiger partial charge in [0.25, 0.3) is 0 Å². The zero-order valence-electron chi connectivity index (χ0n) is 9.45. The summed E-state index contributed by atoms with van der Waals surface area (Å²) in [6.45, 7) is 0.252. The standard InChI is InChI=1S/C13H16O4/c14-11-6-9(7-12(11)15)8-17-13(16)10-4-2-1-3-5-10/h1-5,9,11-12,14-15H,6-8H2/t9?,11-,12?/m0/s1.